The van der Waals surface area contributed by atoms with E-state index in [1.54, 1.807) is 0 Å². The molecule has 4 nitrogen and oxygen atoms in total. The first-order valence-electron chi connectivity index (χ1n) is 11.6. The Hall–Kier alpha value is -3.27. The molecule has 0 bridgehead atoms. The summed E-state index contributed by atoms with van der Waals surface area (Å²) in [6.07, 6.45) is 0. The molecular formula is C29H35N3O. The van der Waals surface area contributed by atoms with Gasteiger partial charge in [0.1, 0.15) is 5.75 Å². The molecule has 0 fully saturated rings. The van der Waals surface area contributed by atoms with E-state index < -0.39 is 0 Å². The van der Waals surface area contributed by atoms with Gasteiger partial charge in [0.15, 0.2) is 0 Å². The number of phenols is 1. The summed E-state index contributed by atoms with van der Waals surface area (Å²) >= 11 is 0. The number of nitrogens with one attached hydrogen (secondary N) is 1. The van der Waals surface area contributed by atoms with Gasteiger partial charge in [0, 0.05) is 0 Å². The van der Waals surface area contributed by atoms with Crippen LogP contribution in [0.5, 0.6) is 5.75 Å². The van der Waals surface area contributed by atoms with E-state index in [0.29, 0.717) is 24.5 Å². The Morgan fingerprint density at radius 1 is 0.667 bits per heavy atom. The highest BCUT2D eigenvalue weighted by Crippen LogP contribution is 2.40. The second kappa shape index (κ2) is 8.26. The number of aromatic nitrogens is 2. The van der Waals surface area contributed by atoms with Crippen LogP contribution in [0.2, 0.25) is 0 Å². The van der Waals surface area contributed by atoms with Gasteiger partial charge in [-0.2, -0.15) is 0 Å². The van der Waals surface area contributed by atoms with Crippen molar-refractivity contribution in [2.75, 3.05) is 0 Å². The molecule has 0 saturated heterocycles. The van der Waals surface area contributed by atoms with Gasteiger partial charge in [0.2, 0.25) is 5.62 Å². The highest BCUT2D eigenvalue weighted by atomic mass is 16.3. The van der Waals surface area contributed by atoms with Crippen LogP contribution in [-0.2, 0) is 23.9 Å². The lowest BCUT2D eigenvalue weighted by atomic mass is 9.78. The van der Waals surface area contributed by atoms with E-state index in [2.05, 4.69) is 87.1 Å². The molecular weight excluding hydrogens is 406 g/mol. The maximum Gasteiger partial charge on any atom is 0.203 e. The molecule has 0 aliphatic carbocycles. The van der Waals surface area contributed by atoms with Crippen LogP contribution < -0.4 is 5.62 Å². The van der Waals surface area contributed by atoms with E-state index in [9.17, 15) is 5.11 Å². The number of phenolic OH excluding ortho intramolecular Hbond substituents is 1. The molecule has 4 heteroatoms. The minimum atomic E-state index is -0.185. The van der Waals surface area contributed by atoms with Crippen molar-refractivity contribution in [1.82, 2.24) is 9.13 Å². The van der Waals surface area contributed by atoms with Gasteiger partial charge in [-0.25, -0.2) is 0 Å². The maximum absolute atomic E-state index is 11.1. The molecule has 0 radical (unpaired) electrons. The molecule has 4 rings (SSSR count). The van der Waals surface area contributed by atoms with Gasteiger partial charge in [-0.05, 0) is 57.3 Å². The van der Waals surface area contributed by atoms with E-state index in [1.165, 1.54) is 5.56 Å². The number of nitrogens with zero attached hydrogens (tertiary/aromatic N) is 2. The highest BCUT2D eigenvalue weighted by molar-refractivity contribution is 5.76. The highest BCUT2D eigenvalue weighted by Gasteiger charge is 2.27. The van der Waals surface area contributed by atoms with Gasteiger partial charge in [0.25, 0.3) is 0 Å². The monoisotopic (exact) mass is 441 g/mol. The SMILES string of the molecule is CC(C)(C)c1cc(Cn2c(=N)n(Cc3ccccc3)c3ccccc32)cc(C(C)(C)C)c1O. The molecule has 0 atom stereocenters. The fraction of sp³-hybridized carbons (Fsp3) is 0.345. The minimum Gasteiger partial charge on any atom is -0.507 e. The second-order valence-electron chi connectivity index (χ2n) is 11.0. The Balaban J connectivity index is 1.87. The Bertz CT molecular complexity index is 1310. The Kier molecular flexibility index (Phi) is 5.73. The third kappa shape index (κ3) is 4.47. The number of benzene rings is 3. The normalized spacial score (nSPS) is 12.4. The third-order valence-electron chi connectivity index (χ3n) is 6.28. The van der Waals surface area contributed by atoms with Crippen LogP contribution in [0.3, 0.4) is 0 Å². The molecule has 2 N–H and O–H groups in total. The fourth-order valence-electron chi connectivity index (χ4n) is 4.49. The first-order chi connectivity index (χ1) is 15.5. The lowest BCUT2D eigenvalue weighted by molar-refractivity contribution is 0.422. The lowest BCUT2D eigenvalue weighted by Crippen LogP contribution is -2.26. The van der Waals surface area contributed by atoms with E-state index in [0.717, 1.165) is 27.7 Å². The van der Waals surface area contributed by atoms with Gasteiger partial charge >= 0.3 is 0 Å². The molecule has 4 aromatic rings. The summed E-state index contributed by atoms with van der Waals surface area (Å²) in [7, 11) is 0. The zero-order valence-corrected chi connectivity index (χ0v) is 20.6. The Morgan fingerprint density at radius 2 is 1.09 bits per heavy atom. The zero-order chi connectivity index (χ0) is 24.0. The molecule has 0 amide bonds. The molecule has 33 heavy (non-hydrogen) atoms. The summed E-state index contributed by atoms with van der Waals surface area (Å²) in [6.45, 7) is 14.0. The van der Waals surface area contributed by atoms with E-state index >= 15 is 0 Å². The first kappa shape index (κ1) is 22.9. The summed E-state index contributed by atoms with van der Waals surface area (Å²) in [6, 6.07) is 22.8. The largest absolute Gasteiger partial charge is 0.507 e. The van der Waals surface area contributed by atoms with Gasteiger partial charge in [-0.1, -0.05) is 84.0 Å². The number of aromatic hydroxyl groups is 1. The molecule has 3 aromatic carbocycles. The molecule has 172 valence electrons. The average Bonchev–Trinajstić information content (AvgIpc) is 3.00. The number of para-hydroxylation sites is 2. The van der Waals surface area contributed by atoms with Crippen LogP contribution in [0.15, 0.2) is 66.7 Å². The van der Waals surface area contributed by atoms with Gasteiger partial charge in [-0.15, -0.1) is 0 Å². The molecule has 1 aromatic heterocycles. The molecule has 0 saturated carbocycles. The molecule has 0 aliphatic heterocycles. The average molecular weight is 442 g/mol. The van der Waals surface area contributed by atoms with Crippen molar-refractivity contribution in [1.29, 1.82) is 5.41 Å². The van der Waals surface area contributed by atoms with Crippen molar-refractivity contribution in [3.8, 4) is 5.75 Å². The quantitative estimate of drug-likeness (QED) is 0.382. The molecule has 0 aliphatic rings. The van der Waals surface area contributed by atoms with Crippen LogP contribution >= 0.6 is 0 Å². The lowest BCUT2D eigenvalue weighted by Gasteiger charge is -2.28. The minimum absolute atomic E-state index is 0.185. The van der Waals surface area contributed by atoms with Gasteiger partial charge in [-0.3, -0.25) is 5.41 Å². The molecule has 0 unspecified atom stereocenters. The van der Waals surface area contributed by atoms with Crippen LogP contribution in [0.25, 0.3) is 11.0 Å². The van der Waals surface area contributed by atoms with Crippen molar-refractivity contribution in [2.24, 2.45) is 0 Å². The summed E-state index contributed by atoms with van der Waals surface area (Å²) in [4.78, 5) is 0. The number of hydrogen-bond acceptors (Lipinski definition) is 2. The van der Waals surface area contributed by atoms with E-state index in [1.807, 2.05) is 30.3 Å². The van der Waals surface area contributed by atoms with Crippen LogP contribution in [-0.4, -0.2) is 14.2 Å². The van der Waals surface area contributed by atoms with Crippen molar-refractivity contribution >= 4 is 11.0 Å². The van der Waals surface area contributed by atoms with Crippen molar-refractivity contribution < 1.29 is 5.11 Å². The number of rotatable bonds is 4. The summed E-state index contributed by atoms with van der Waals surface area (Å²) in [5, 5.41) is 20.1. The van der Waals surface area contributed by atoms with Crippen LogP contribution in [0, 0.1) is 5.41 Å². The van der Waals surface area contributed by atoms with Gasteiger partial charge in [0.05, 0.1) is 24.1 Å². The number of imidazole rings is 1. The first-order valence-corrected chi connectivity index (χ1v) is 11.6. The summed E-state index contributed by atoms with van der Waals surface area (Å²) in [5.41, 5.74) is 6.37. The number of hydrogen-bond donors (Lipinski definition) is 2. The maximum atomic E-state index is 11.1. The van der Waals surface area contributed by atoms with Crippen molar-refractivity contribution in [3.05, 3.63) is 94.6 Å². The number of fused-ring (bicyclic) bond motifs is 1. The Morgan fingerprint density at radius 3 is 1.55 bits per heavy atom. The van der Waals surface area contributed by atoms with E-state index in [4.69, 9.17) is 5.41 Å². The predicted octanol–water partition coefficient (Wildman–Crippen LogP) is 6.32. The van der Waals surface area contributed by atoms with E-state index in [-0.39, 0.29) is 10.8 Å². The summed E-state index contributed by atoms with van der Waals surface area (Å²) < 4.78 is 4.14. The van der Waals surface area contributed by atoms with Gasteiger partial charge < -0.3 is 14.2 Å². The zero-order valence-electron chi connectivity index (χ0n) is 20.6. The molecule has 0 spiro atoms. The fourth-order valence-corrected chi connectivity index (χ4v) is 4.49. The Labute approximate surface area is 196 Å². The third-order valence-corrected chi connectivity index (χ3v) is 6.28. The smallest absolute Gasteiger partial charge is 0.203 e. The predicted molar refractivity (Wildman–Crippen MR) is 136 cm³/mol. The standard InChI is InChI=1S/C29H35N3O/c1-28(2,3)22-16-21(17-23(26(22)33)29(4,5)6)19-32-25-15-11-10-14-24(25)31(27(32)30)18-20-12-8-7-9-13-20/h7-17,30,33H,18-19H2,1-6H3. The van der Waals surface area contributed by atoms with Crippen LogP contribution in [0.1, 0.15) is 63.8 Å². The van der Waals surface area contributed by atoms with Crippen molar-refractivity contribution in [3.63, 3.8) is 0 Å². The van der Waals surface area contributed by atoms with Crippen LogP contribution in [0.4, 0.5) is 0 Å². The molecule has 1 heterocycles. The summed E-state index contributed by atoms with van der Waals surface area (Å²) in [5.74, 6) is 0.390. The topological polar surface area (TPSA) is 53.9 Å². The van der Waals surface area contributed by atoms with Crippen molar-refractivity contribution in [2.45, 2.75) is 65.5 Å². The second-order valence-corrected chi connectivity index (χ2v) is 11.0.